The summed E-state index contributed by atoms with van der Waals surface area (Å²) in [6.45, 7) is 0. The Balaban J connectivity index is 1.68. The molecule has 4 nitrogen and oxygen atoms in total. The molecule has 3 rings (SSSR count). The molecule has 0 amide bonds. The highest BCUT2D eigenvalue weighted by molar-refractivity contribution is 6.12. The van der Waals surface area contributed by atoms with Gasteiger partial charge in [0.05, 0.1) is 17.8 Å². The number of hydrogen-bond acceptors (Lipinski definition) is 3. The molecule has 0 aromatic heterocycles. The van der Waals surface area contributed by atoms with E-state index in [2.05, 4.69) is 0 Å². The van der Waals surface area contributed by atoms with Crippen LogP contribution in [0.15, 0.2) is 30.3 Å². The van der Waals surface area contributed by atoms with E-state index < -0.39 is 59.7 Å². The number of aliphatic carboxylic acids is 1. The van der Waals surface area contributed by atoms with Crippen molar-refractivity contribution in [2.75, 3.05) is 0 Å². The van der Waals surface area contributed by atoms with E-state index in [0.717, 1.165) is 12.0 Å². The lowest BCUT2D eigenvalue weighted by Crippen LogP contribution is -2.55. The molecular weight excluding hydrogens is 397 g/mol. The monoisotopic (exact) mass is 424 g/mol. The Morgan fingerprint density at radius 1 is 1.07 bits per heavy atom. The molecule has 0 saturated heterocycles. The third-order valence-corrected chi connectivity index (χ3v) is 6.74. The fourth-order valence-corrected chi connectivity index (χ4v) is 5.09. The topological polar surface area (TPSA) is 71.4 Å². The number of rotatable bonds is 8. The van der Waals surface area contributed by atoms with E-state index in [9.17, 15) is 32.7 Å². The summed E-state index contributed by atoms with van der Waals surface area (Å²) in [7, 11) is 0. The molecule has 1 aromatic rings. The summed E-state index contributed by atoms with van der Waals surface area (Å²) in [5, 5.41) is 9.55. The van der Waals surface area contributed by atoms with E-state index in [0.29, 0.717) is 32.1 Å². The number of aryl methyl sites for hydroxylation is 1. The van der Waals surface area contributed by atoms with Crippen LogP contribution in [0.1, 0.15) is 50.5 Å². The summed E-state index contributed by atoms with van der Waals surface area (Å²) in [6, 6.07) is 9.23. The molecule has 2 fully saturated rings. The predicted molar refractivity (Wildman–Crippen MR) is 104 cm³/mol. The molecule has 1 aromatic carbocycles. The molecule has 0 bridgehead atoms. The summed E-state index contributed by atoms with van der Waals surface area (Å²) in [5.74, 6) is -8.59. The van der Waals surface area contributed by atoms with Crippen molar-refractivity contribution in [3.63, 3.8) is 0 Å². The fourth-order valence-electron chi connectivity index (χ4n) is 5.09. The normalized spacial score (nSPS) is 26.1. The van der Waals surface area contributed by atoms with E-state index in [4.69, 9.17) is 0 Å². The number of alkyl halides is 3. The van der Waals surface area contributed by atoms with Crippen LogP contribution in [-0.4, -0.2) is 28.8 Å². The Morgan fingerprint density at radius 3 is 2.27 bits per heavy atom. The molecule has 7 heteroatoms. The first-order chi connectivity index (χ1) is 14.2. The second kappa shape index (κ2) is 9.31. The van der Waals surface area contributed by atoms with Crippen LogP contribution in [-0.2, 0) is 20.8 Å². The van der Waals surface area contributed by atoms with Gasteiger partial charge in [-0.2, -0.15) is 13.2 Å². The van der Waals surface area contributed by atoms with Crippen molar-refractivity contribution in [2.45, 2.75) is 57.5 Å². The van der Waals surface area contributed by atoms with E-state index in [1.807, 2.05) is 30.3 Å². The average molecular weight is 424 g/mol. The molecule has 2 aliphatic rings. The first-order valence-corrected chi connectivity index (χ1v) is 10.6. The Morgan fingerprint density at radius 2 is 1.70 bits per heavy atom. The lowest BCUT2D eigenvalue weighted by atomic mass is 9.59. The Labute approximate surface area is 173 Å². The van der Waals surface area contributed by atoms with Gasteiger partial charge in [0.25, 0.3) is 0 Å². The van der Waals surface area contributed by atoms with Crippen molar-refractivity contribution in [2.24, 2.45) is 29.6 Å². The highest BCUT2D eigenvalue weighted by Crippen LogP contribution is 2.46. The maximum atomic E-state index is 13.6. The molecular formula is C23H27F3O4. The molecule has 1 N–H and O–H groups in total. The van der Waals surface area contributed by atoms with Gasteiger partial charge in [-0.1, -0.05) is 49.6 Å². The summed E-state index contributed by atoms with van der Waals surface area (Å²) < 4.78 is 40.9. The van der Waals surface area contributed by atoms with E-state index >= 15 is 0 Å². The number of carboxylic acids is 1. The number of hydrogen-bond donors (Lipinski definition) is 1. The molecule has 4 atom stereocenters. The molecule has 2 saturated carbocycles. The molecule has 164 valence electrons. The van der Waals surface area contributed by atoms with Crippen LogP contribution >= 0.6 is 0 Å². The zero-order chi connectivity index (χ0) is 21.9. The number of carbonyl (C=O) groups excluding carboxylic acids is 2. The summed E-state index contributed by atoms with van der Waals surface area (Å²) in [4.78, 5) is 37.0. The minimum absolute atomic E-state index is 0.273. The van der Waals surface area contributed by atoms with Crippen LogP contribution in [0.2, 0.25) is 0 Å². The summed E-state index contributed by atoms with van der Waals surface area (Å²) in [5.41, 5.74) is 0.943. The van der Waals surface area contributed by atoms with Crippen molar-refractivity contribution >= 4 is 17.5 Å². The molecule has 0 aliphatic heterocycles. The number of halogens is 3. The van der Waals surface area contributed by atoms with Crippen LogP contribution in [0, 0.1) is 29.6 Å². The standard InChI is InChI=1S/C23H27F3O4/c24-23(25,26)17(15-9-5-2-6-10-15)13-18(27)20-19(22(29)30)16(21(20)28)12-11-14-7-3-1-4-8-14/h1,3-4,7-8,15-17,19-20H,2,5-6,9-13H2,(H,29,30)/t16-,17+,19-,20?/m1/s1. The van der Waals surface area contributed by atoms with Crippen molar-refractivity contribution < 1.29 is 32.7 Å². The van der Waals surface area contributed by atoms with Gasteiger partial charge in [0, 0.05) is 12.3 Å². The third-order valence-electron chi connectivity index (χ3n) is 6.74. The first kappa shape index (κ1) is 22.5. The van der Waals surface area contributed by atoms with Gasteiger partial charge in [0.1, 0.15) is 11.6 Å². The van der Waals surface area contributed by atoms with Gasteiger partial charge < -0.3 is 5.11 Å². The van der Waals surface area contributed by atoms with Crippen molar-refractivity contribution in [3.8, 4) is 0 Å². The molecule has 0 spiro atoms. The maximum absolute atomic E-state index is 13.6. The van der Waals surface area contributed by atoms with Gasteiger partial charge in [0.15, 0.2) is 0 Å². The van der Waals surface area contributed by atoms with E-state index in [-0.39, 0.29) is 6.42 Å². The SMILES string of the molecule is O=C(C[C@@H](C1CCCCC1)C(F)(F)F)C1C(=O)[C@H](CCc2ccccc2)[C@H]1C(=O)O. The van der Waals surface area contributed by atoms with Gasteiger partial charge in [-0.05, 0) is 37.2 Å². The maximum Gasteiger partial charge on any atom is 0.392 e. The Bertz CT molecular complexity index is 768. The molecule has 1 unspecified atom stereocenters. The fraction of sp³-hybridized carbons (Fsp3) is 0.609. The second-order valence-electron chi connectivity index (χ2n) is 8.59. The van der Waals surface area contributed by atoms with Crippen LogP contribution < -0.4 is 0 Å². The smallest absolute Gasteiger partial charge is 0.392 e. The second-order valence-corrected chi connectivity index (χ2v) is 8.59. The van der Waals surface area contributed by atoms with Gasteiger partial charge in [-0.25, -0.2) is 0 Å². The van der Waals surface area contributed by atoms with Crippen LogP contribution in [0.4, 0.5) is 13.2 Å². The minimum Gasteiger partial charge on any atom is -0.481 e. The lowest BCUT2D eigenvalue weighted by molar-refractivity contribution is -0.197. The van der Waals surface area contributed by atoms with Gasteiger partial charge in [0.2, 0.25) is 0 Å². The van der Waals surface area contributed by atoms with Crippen molar-refractivity contribution in [1.82, 2.24) is 0 Å². The van der Waals surface area contributed by atoms with Gasteiger partial charge in [-0.3, -0.25) is 14.4 Å². The van der Waals surface area contributed by atoms with Crippen LogP contribution in [0.25, 0.3) is 0 Å². The van der Waals surface area contributed by atoms with Crippen LogP contribution in [0.3, 0.4) is 0 Å². The van der Waals surface area contributed by atoms with Crippen molar-refractivity contribution in [3.05, 3.63) is 35.9 Å². The van der Waals surface area contributed by atoms with E-state index in [1.54, 1.807) is 0 Å². The average Bonchev–Trinajstić information content (AvgIpc) is 2.70. The first-order valence-electron chi connectivity index (χ1n) is 10.6. The zero-order valence-electron chi connectivity index (χ0n) is 16.7. The van der Waals surface area contributed by atoms with Gasteiger partial charge >= 0.3 is 12.1 Å². The number of benzene rings is 1. The largest absolute Gasteiger partial charge is 0.481 e. The Hall–Kier alpha value is -2.18. The number of carboxylic acid groups (broad SMARTS) is 1. The predicted octanol–water partition coefficient (Wildman–Crippen LogP) is 4.85. The van der Waals surface area contributed by atoms with Crippen LogP contribution in [0.5, 0.6) is 0 Å². The molecule has 30 heavy (non-hydrogen) atoms. The quantitative estimate of drug-likeness (QED) is 0.606. The summed E-state index contributed by atoms with van der Waals surface area (Å²) in [6.07, 6.45) is -1.45. The number of ketones is 2. The highest BCUT2D eigenvalue weighted by Gasteiger charge is 2.57. The number of Topliss-reactive ketones (excluding diaryl/α,β-unsaturated/α-hetero) is 2. The minimum atomic E-state index is -4.53. The number of carbonyl (C=O) groups is 3. The van der Waals surface area contributed by atoms with Crippen molar-refractivity contribution in [1.29, 1.82) is 0 Å². The highest BCUT2D eigenvalue weighted by atomic mass is 19.4. The van der Waals surface area contributed by atoms with E-state index in [1.165, 1.54) is 0 Å². The molecule has 0 radical (unpaired) electrons. The summed E-state index contributed by atoms with van der Waals surface area (Å²) >= 11 is 0. The molecule has 0 heterocycles. The zero-order valence-corrected chi connectivity index (χ0v) is 16.7. The third kappa shape index (κ3) is 4.93. The lowest BCUT2D eigenvalue weighted by Gasteiger charge is -2.40. The molecule has 2 aliphatic carbocycles. The van der Waals surface area contributed by atoms with Gasteiger partial charge in [-0.15, -0.1) is 0 Å². The Kier molecular flexibility index (Phi) is 6.98.